The van der Waals surface area contributed by atoms with Crippen LogP contribution in [-0.4, -0.2) is 39.0 Å². The first-order chi connectivity index (χ1) is 8.02. The van der Waals surface area contributed by atoms with Crippen LogP contribution in [0.4, 0.5) is 0 Å². The van der Waals surface area contributed by atoms with Gasteiger partial charge in [0.05, 0.1) is 12.2 Å². The van der Waals surface area contributed by atoms with Gasteiger partial charge in [-0.25, -0.2) is 0 Å². The van der Waals surface area contributed by atoms with E-state index in [4.69, 9.17) is 5.73 Å². The summed E-state index contributed by atoms with van der Waals surface area (Å²) in [6.45, 7) is 12.4. The van der Waals surface area contributed by atoms with E-state index >= 15 is 0 Å². The molecule has 1 aromatic heterocycles. The quantitative estimate of drug-likeness (QED) is 0.774. The molecule has 2 N–H and O–H groups in total. The number of aromatic nitrogens is 3. The summed E-state index contributed by atoms with van der Waals surface area (Å²) in [5, 5.41) is 8.05. The van der Waals surface area contributed by atoms with Crippen molar-refractivity contribution < 1.29 is 0 Å². The SMILES string of the molecule is CC(C)CN(CCn1cc(CN)nn1)C(C)C. The summed E-state index contributed by atoms with van der Waals surface area (Å²) in [4.78, 5) is 2.47. The third-order valence-corrected chi connectivity index (χ3v) is 2.74. The van der Waals surface area contributed by atoms with Crippen LogP contribution in [0, 0.1) is 5.92 Å². The van der Waals surface area contributed by atoms with Crippen molar-refractivity contribution in [2.24, 2.45) is 11.7 Å². The molecule has 0 aromatic carbocycles. The Kier molecular flexibility index (Phi) is 5.58. The summed E-state index contributed by atoms with van der Waals surface area (Å²) in [7, 11) is 0. The van der Waals surface area contributed by atoms with Gasteiger partial charge in [-0.2, -0.15) is 0 Å². The van der Waals surface area contributed by atoms with E-state index in [0.29, 0.717) is 18.5 Å². The van der Waals surface area contributed by atoms with E-state index in [1.807, 2.05) is 10.9 Å². The standard InChI is InChI=1S/C12H25N5/c1-10(2)8-16(11(3)4)5-6-17-9-12(7-13)14-15-17/h9-11H,5-8,13H2,1-4H3. The number of rotatable bonds is 7. The van der Waals surface area contributed by atoms with Crippen LogP contribution < -0.4 is 5.73 Å². The van der Waals surface area contributed by atoms with Gasteiger partial charge in [0.2, 0.25) is 0 Å². The maximum Gasteiger partial charge on any atom is 0.0962 e. The molecule has 0 saturated carbocycles. The van der Waals surface area contributed by atoms with Crippen molar-refractivity contribution in [3.05, 3.63) is 11.9 Å². The minimum Gasteiger partial charge on any atom is -0.325 e. The van der Waals surface area contributed by atoms with Crippen LogP contribution in [0.2, 0.25) is 0 Å². The van der Waals surface area contributed by atoms with Crippen LogP contribution in [0.5, 0.6) is 0 Å². The van der Waals surface area contributed by atoms with Gasteiger partial charge in [-0.3, -0.25) is 9.58 Å². The Morgan fingerprint density at radius 2 is 2.06 bits per heavy atom. The van der Waals surface area contributed by atoms with Crippen molar-refractivity contribution in [2.45, 2.75) is 46.8 Å². The van der Waals surface area contributed by atoms with E-state index in [1.54, 1.807) is 0 Å². The number of hydrogen-bond donors (Lipinski definition) is 1. The Morgan fingerprint density at radius 3 is 2.53 bits per heavy atom. The molecule has 0 spiro atoms. The fourth-order valence-electron chi connectivity index (χ4n) is 1.80. The van der Waals surface area contributed by atoms with E-state index in [2.05, 4.69) is 42.9 Å². The van der Waals surface area contributed by atoms with Crippen LogP contribution in [0.15, 0.2) is 6.20 Å². The Balaban J connectivity index is 2.45. The second-order valence-corrected chi connectivity index (χ2v) is 5.16. The zero-order chi connectivity index (χ0) is 12.8. The lowest BCUT2D eigenvalue weighted by atomic mass is 10.2. The van der Waals surface area contributed by atoms with Gasteiger partial charge >= 0.3 is 0 Å². The lowest BCUT2D eigenvalue weighted by Gasteiger charge is -2.27. The van der Waals surface area contributed by atoms with Crippen molar-refractivity contribution in [2.75, 3.05) is 13.1 Å². The second-order valence-electron chi connectivity index (χ2n) is 5.16. The van der Waals surface area contributed by atoms with E-state index in [1.165, 1.54) is 0 Å². The first-order valence-corrected chi connectivity index (χ1v) is 6.36. The van der Waals surface area contributed by atoms with Gasteiger partial charge < -0.3 is 5.73 Å². The smallest absolute Gasteiger partial charge is 0.0962 e. The molecule has 1 heterocycles. The Labute approximate surface area is 104 Å². The van der Waals surface area contributed by atoms with Gasteiger partial charge in [-0.15, -0.1) is 5.10 Å². The average Bonchev–Trinajstić information content (AvgIpc) is 2.71. The molecule has 98 valence electrons. The van der Waals surface area contributed by atoms with Crippen LogP contribution in [0.1, 0.15) is 33.4 Å². The molecule has 0 bridgehead atoms. The topological polar surface area (TPSA) is 60.0 Å². The molecule has 5 heteroatoms. The van der Waals surface area contributed by atoms with E-state index in [9.17, 15) is 0 Å². The molecule has 0 fully saturated rings. The third kappa shape index (κ3) is 4.83. The summed E-state index contributed by atoms with van der Waals surface area (Å²) in [6, 6.07) is 0.565. The molecule has 0 saturated heterocycles. The molecule has 0 unspecified atom stereocenters. The minimum absolute atomic E-state index is 0.458. The Morgan fingerprint density at radius 1 is 1.35 bits per heavy atom. The number of nitrogens with two attached hydrogens (primary N) is 1. The fourth-order valence-corrected chi connectivity index (χ4v) is 1.80. The monoisotopic (exact) mass is 239 g/mol. The second kappa shape index (κ2) is 6.71. The van der Waals surface area contributed by atoms with Gasteiger partial charge in [0.25, 0.3) is 0 Å². The summed E-state index contributed by atoms with van der Waals surface area (Å²) in [6.07, 6.45) is 1.92. The summed E-state index contributed by atoms with van der Waals surface area (Å²) >= 11 is 0. The Hall–Kier alpha value is -0.940. The van der Waals surface area contributed by atoms with Crippen molar-refractivity contribution in [1.29, 1.82) is 0 Å². The molecule has 17 heavy (non-hydrogen) atoms. The molecule has 0 aliphatic carbocycles. The van der Waals surface area contributed by atoms with Crippen LogP contribution in [-0.2, 0) is 13.1 Å². The lowest BCUT2D eigenvalue weighted by molar-refractivity contribution is 0.187. The summed E-state index contributed by atoms with van der Waals surface area (Å²) in [5.74, 6) is 0.688. The van der Waals surface area contributed by atoms with E-state index < -0.39 is 0 Å². The molecule has 0 amide bonds. The van der Waals surface area contributed by atoms with Crippen molar-refractivity contribution in [3.8, 4) is 0 Å². The molecule has 1 aromatic rings. The molecular weight excluding hydrogens is 214 g/mol. The van der Waals surface area contributed by atoms with E-state index in [-0.39, 0.29) is 0 Å². The lowest BCUT2D eigenvalue weighted by Crippen LogP contribution is -2.36. The average molecular weight is 239 g/mol. The third-order valence-electron chi connectivity index (χ3n) is 2.74. The zero-order valence-corrected chi connectivity index (χ0v) is 11.4. The zero-order valence-electron chi connectivity index (χ0n) is 11.4. The van der Waals surface area contributed by atoms with Gasteiger partial charge in [0.15, 0.2) is 0 Å². The number of hydrogen-bond acceptors (Lipinski definition) is 4. The fraction of sp³-hybridized carbons (Fsp3) is 0.833. The molecule has 5 nitrogen and oxygen atoms in total. The summed E-state index contributed by atoms with van der Waals surface area (Å²) < 4.78 is 1.87. The van der Waals surface area contributed by atoms with Crippen molar-refractivity contribution in [1.82, 2.24) is 19.9 Å². The molecule has 0 aliphatic rings. The highest BCUT2D eigenvalue weighted by molar-refractivity contribution is 4.90. The maximum atomic E-state index is 5.51. The molecule has 1 rings (SSSR count). The van der Waals surface area contributed by atoms with Gasteiger partial charge in [0.1, 0.15) is 0 Å². The predicted octanol–water partition coefficient (Wildman–Crippen LogP) is 1.10. The minimum atomic E-state index is 0.458. The molecule has 0 aliphatic heterocycles. The van der Waals surface area contributed by atoms with Crippen LogP contribution >= 0.6 is 0 Å². The normalized spacial score (nSPS) is 12.0. The number of nitrogens with zero attached hydrogens (tertiary/aromatic N) is 4. The van der Waals surface area contributed by atoms with Crippen molar-refractivity contribution in [3.63, 3.8) is 0 Å². The van der Waals surface area contributed by atoms with Gasteiger partial charge in [0, 0.05) is 31.9 Å². The highest BCUT2D eigenvalue weighted by Gasteiger charge is 2.11. The van der Waals surface area contributed by atoms with E-state index in [0.717, 1.165) is 25.3 Å². The highest BCUT2D eigenvalue weighted by atomic mass is 15.4. The van der Waals surface area contributed by atoms with Gasteiger partial charge in [-0.1, -0.05) is 19.1 Å². The molecule has 0 atom stereocenters. The maximum absolute atomic E-state index is 5.51. The molecular formula is C12H25N5. The predicted molar refractivity (Wildman–Crippen MR) is 69.5 cm³/mol. The van der Waals surface area contributed by atoms with Crippen molar-refractivity contribution >= 4 is 0 Å². The molecule has 0 radical (unpaired) electrons. The first kappa shape index (κ1) is 14.1. The van der Waals surface area contributed by atoms with Crippen LogP contribution in [0.3, 0.4) is 0 Å². The Bertz CT molecular complexity index is 318. The largest absolute Gasteiger partial charge is 0.325 e. The van der Waals surface area contributed by atoms with Crippen LogP contribution in [0.25, 0.3) is 0 Å². The highest BCUT2D eigenvalue weighted by Crippen LogP contribution is 2.04. The summed E-state index contributed by atoms with van der Waals surface area (Å²) in [5.41, 5.74) is 6.36. The van der Waals surface area contributed by atoms with Gasteiger partial charge in [-0.05, 0) is 19.8 Å². The first-order valence-electron chi connectivity index (χ1n) is 6.36.